The maximum atomic E-state index is 12.3. The third kappa shape index (κ3) is 1.40. The molecule has 0 saturated carbocycles. The van der Waals surface area contributed by atoms with Crippen molar-refractivity contribution in [3.8, 4) is 11.5 Å². The highest BCUT2D eigenvalue weighted by Crippen LogP contribution is 2.40. The fourth-order valence-electron chi connectivity index (χ4n) is 2.94. The molecule has 1 aromatic carbocycles. The van der Waals surface area contributed by atoms with E-state index >= 15 is 0 Å². The normalized spacial score (nSPS) is 11.5. The van der Waals surface area contributed by atoms with Crippen molar-refractivity contribution in [3.05, 3.63) is 46.9 Å². The third-order valence-electron chi connectivity index (χ3n) is 3.81. The molecule has 0 aliphatic heterocycles. The van der Waals surface area contributed by atoms with Crippen LogP contribution in [0.5, 0.6) is 11.5 Å². The molecule has 0 N–H and O–H groups in total. The van der Waals surface area contributed by atoms with Crippen molar-refractivity contribution in [1.82, 2.24) is 9.38 Å². The summed E-state index contributed by atoms with van der Waals surface area (Å²) in [5.74, 6) is 1.34. The Morgan fingerprint density at radius 3 is 2.57 bits per heavy atom. The summed E-state index contributed by atoms with van der Waals surface area (Å²) in [6, 6.07) is 8.91. The molecule has 3 aromatic heterocycles. The van der Waals surface area contributed by atoms with Gasteiger partial charge in [-0.2, -0.15) is 0 Å². The minimum absolute atomic E-state index is 0.0918. The molecule has 5 nitrogen and oxygen atoms in total. The van der Waals surface area contributed by atoms with E-state index < -0.39 is 0 Å². The predicted octanol–water partition coefficient (Wildman–Crippen LogP) is 2.46. The fraction of sp³-hybridized carbons (Fsp3) is 0.125. The van der Waals surface area contributed by atoms with Crippen LogP contribution in [-0.2, 0) is 0 Å². The Morgan fingerprint density at radius 1 is 1.00 bits per heavy atom. The number of ether oxygens (including phenoxy) is 2. The summed E-state index contributed by atoms with van der Waals surface area (Å²) in [6.07, 6.45) is 1.67. The highest BCUT2D eigenvalue weighted by atomic mass is 16.5. The van der Waals surface area contributed by atoms with Crippen LogP contribution in [-0.4, -0.2) is 23.6 Å². The Morgan fingerprint density at radius 2 is 1.81 bits per heavy atom. The van der Waals surface area contributed by atoms with Crippen LogP contribution in [0.15, 0.2) is 41.3 Å². The van der Waals surface area contributed by atoms with Crippen LogP contribution in [0.3, 0.4) is 0 Å². The van der Waals surface area contributed by atoms with Crippen LogP contribution in [0, 0.1) is 0 Å². The van der Waals surface area contributed by atoms with Gasteiger partial charge >= 0.3 is 0 Å². The summed E-state index contributed by atoms with van der Waals surface area (Å²) in [4.78, 5) is 16.7. The molecule has 0 atom stereocenters. The van der Waals surface area contributed by atoms with Crippen molar-refractivity contribution in [2.75, 3.05) is 14.2 Å². The molecule has 5 heteroatoms. The molecule has 0 radical (unpaired) electrons. The lowest BCUT2D eigenvalue weighted by Gasteiger charge is -2.05. The topological polar surface area (TPSA) is 52.8 Å². The van der Waals surface area contributed by atoms with Gasteiger partial charge in [0.2, 0.25) is 0 Å². The predicted molar refractivity (Wildman–Crippen MR) is 80.8 cm³/mol. The summed E-state index contributed by atoms with van der Waals surface area (Å²) in [5, 5.41) is 1.72. The second-order valence-electron chi connectivity index (χ2n) is 4.80. The number of pyridine rings is 2. The average Bonchev–Trinajstić information content (AvgIpc) is 2.88. The average molecular weight is 280 g/mol. The third-order valence-corrected chi connectivity index (χ3v) is 3.81. The van der Waals surface area contributed by atoms with Gasteiger partial charge in [0.25, 0.3) is 5.56 Å². The van der Waals surface area contributed by atoms with Crippen LogP contribution in [0.1, 0.15) is 0 Å². The summed E-state index contributed by atoms with van der Waals surface area (Å²) in [7, 11) is 3.21. The van der Waals surface area contributed by atoms with E-state index in [0.29, 0.717) is 11.5 Å². The van der Waals surface area contributed by atoms with E-state index in [1.807, 2.05) is 18.2 Å². The summed E-state index contributed by atoms with van der Waals surface area (Å²) in [5.41, 5.74) is 2.22. The molecule has 104 valence electrons. The van der Waals surface area contributed by atoms with Gasteiger partial charge in [-0.15, -0.1) is 0 Å². The molecule has 0 aliphatic carbocycles. The van der Waals surface area contributed by atoms with E-state index in [4.69, 9.17) is 9.47 Å². The number of hydrogen-bond donors (Lipinski definition) is 0. The van der Waals surface area contributed by atoms with Crippen molar-refractivity contribution in [2.24, 2.45) is 0 Å². The number of benzene rings is 1. The van der Waals surface area contributed by atoms with Crippen molar-refractivity contribution < 1.29 is 9.47 Å². The zero-order chi connectivity index (χ0) is 14.6. The Kier molecular flexibility index (Phi) is 2.33. The van der Waals surface area contributed by atoms with E-state index in [1.165, 1.54) is 6.07 Å². The zero-order valence-corrected chi connectivity index (χ0v) is 11.6. The first-order valence-corrected chi connectivity index (χ1v) is 6.52. The molecule has 3 heterocycles. The summed E-state index contributed by atoms with van der Waals surface area (Å²) < 4.78 is 12.6. The number of rotatable bonds is 2. The second-order valence-corrected chi connectivity index (χ2v) is 4.80. The fourth-order valence-corrected chi connectivity index (χ4v) is 2.94. The van der Waals surface area contributed by atoms with Gasteiger partial charge in [-0.25, -0.2) is 0 Å². The molecule has 0 fully saturated rings. The van der Waals surface area contributed by atoms with Gasteiger partial charge in [-0.1, -0.05) is 6.07 Å². The quantitative estimate of drug-likeness (QED) is 0.566. The van der Waals surface area contributed by atoms with Gasteiger partial charge in [0, 0.05) is 6.07 Å². The molecular weight excluding hydrogens is 268 g/mol. The maximum absolute atomic E-state index is 12.3. The SMILES string of the molecule is COc1cccc2c1c1c(OC)cnc3ccc(=O)n2c31. The van der Waals surface area contributed by atoms with Crippen molar-refractivity contribution in [3.63, 3.8) is 0 Å². The number of aromatic nitrogens is 2. The maximum Gasteiger partial charge on any atom is 0.255 e. The highest BCUT2D eigenvalue weighted by molar-refractivity contribution is 6.17. The first-order valence-electron chi connectivity index (χ1n) is 6.52. The number of hydrogen-bond acceptors (Lipinski definition) is 4. The minimum Gasteiger partial charge on any atom is -0.496 e. The molecular formula is C16H12N2O3. The first-order chi connectivity index (χ1) is 10.3. The van der Waals surface area contributed by atoms with E-state index in [1.54, 1.807) is 30.9 Å². The Bertz CT molecular complexity index is 1040. The summed E-state index contributed by atoms with van der Waals surface area (Å²) in [6.45, 7) is 0. The minimum atomic E-state index is -0.0918. The Labute approximate surface area is 119 Å². The van der Waals surface area contributed by atoms with E-state index in [-0.39, 0.29) is 5.56 Å². The molecule has 4 rings (SSSR count). The molecule has 0 bridgehead atoms. The van der Waals surface area contributed by atoms with Crippen molar-refractivity contribution >= 4 is 27.3 Å². The highest BCUT2D eigenvalue weighted by Gasteiger charge is 2.20. The first kappa shape index (κ1) is 12.0. The second kappa shape index (κ2) is 4.09. The molecule has 0 spiro atoms. The van der Waals surface area contributed by atoms with E-state index in [9.17, 15) is 4.79 Å². The van der Waals surface area contributed by atoms with Gasteiger partial charge in [0.15, 0.2) is 0 Å². The smallest absolute Gasteiger partial charge is 0.255 e. The van der Waals surface area contributed by atoms with Gasteiger partial charge < -0.3 is 9.47 Å². The van der Waals surface area contributed by atoms with Crippen LogP contribution in [0.2, 0.25) is 0 Å². The van der Waals surface area contributed by atoms with Crippen LogP contribution in [0.4, 0.5) is 0 Å². The monoisotopic (exact) mass is 280 g/mol. The molecule has 0 saturated heterocycles. The lowest BCUT2D eigenvalue weighted by molar-refractivity contribution is 0.416. The van der Waals surface area contributed by atoms with Gasteiger partial charge in [0.05, 0.1) is 47.7 Å². The molecule has 21 heavy (non-hydrogen) atoms. The number of fused-ring (bicyclic) bond motifs is 3. The van der Waals surface area contributed by atoms with Crippen LogP contribution in [0.25, 0.3) is 27.3 Å². The van der Waals surface area contributed by atoms with Crippen LogP contribution >= 0.6 is 0 Å². The molecule has 0 amide bonds. The Hall–Kier alpha value is -2.82. The Balaban J connectivity index is 2.47. The zero-order valence-electron chi connectivity index (χ0n) is 11.6. The number of methoxy groups -OCH3 is 2. The van der Waals surface area contributed by atoms with Crippen molar-refractivity contribution in [1.29, 1.82) is 0 Å². The lowest BCUT2D eigenvalue weighted by atomic mass is 10.1. The van der Waals surface area contributed by atoms with E-state index in [2.05, 4.69) is 4.98 Å². The van der Waals surface area contributed by atoms with Crippen LogP contribution < -0.4 is 15.0 Å². The molecule has 4 aromatic rings. The summed E-state index contributed by atoms with van der Waals surface area (Å²) >= 11 is 0. The molecule has 0 unspecified atom stereocenters. The van der Waals surface area contributed by atoms with Gasteiger partial charge in [-0.3, -0.25) is 14.2 Å². The van der Waals surface area contributed by atoms with Gasteiger partial charge in [-0.05, 0) is 18.2 Å². The van der Waals surface area contributed by atoms with Crippen molar-refractivity contribution in [2.45, 2.75) is 0 Å². The number of nitrogens with zero attached hydrogens (tertiary/aromatic N) is 2. The standard InChI is InChI=1S/C16H12N2O3/c1-20-11-5-3-4-10-14(11)15-12(21-2)8-17-9-6-7-13(19)18(10)16(9)15/h3-8H,1-2H3. The van der Waals surface area contributed by atoms with Gasteiger partial charge in [0.1, 0.15) is 11.5 Å². The largest absolute Gasteiger partial charge is 0.496 e. The van der Waals surface area contributed by atoms with E-state index in [0.717, 1.165) is 27.3 Å². The molecule has 0 aliphatic rings. The lowest BCUT2D eigenvalue weighted by Crippen LogP contribution is -2.10.